The Labute approximate surface area is 119 Å². The SMILES string of the molecule is CCCC(CN)C(=O)Nc1ccc2c(c1)OC(C)(C)O2. The molecule has 1 unspecified atom stereocenters. The summed E-state index contributed by atoms with van der Waals surface area (Å²) in [7, 11) is 0. The zero-order valence-corrected chi connectivity index (χ0v) is 12.2. The van der Waals surface area contributed by atoms with E-state index >= 15 is 0 Å². The van der Waals surface area contributed by atoms with Crippen LogP contribution in [0.4, 0.5) is 5.69 Å². The number of nitrogens with one attached hydrogen (secondary N) is 1. The molecule has 1 amide bonds. The predicted octanol–water partition coefficient (Wildman–Crippen LogP) is 2.51. The molecule has 1 atom stereocenters. The lowest BCUT2D eigenvalue weighted by Gasteiger charge is -2.16. The molecular weight excluding hydrogens is 256 g/mol. The van der Waals surface area contributed by atoms with Crippen LogP contribution in [-0.4, -0.2) is 18.2 Å². The van der Waals surface area contributed by atoms with Gasteiger partial charge in [0.2, 0.25) is 11.7 Å². The molecule has 20 heavy (non-hydrogen) atoms. The van der Waals surface area contributed by atoms with E-state index in [0.717, 1.165) is 12.8 Å². The van der Waals surface area contributed by atoms with E-state index in [-0.39, 0.29) is 11.8 Å². The molecule has 5 nitrogen and oxygen atoms in total. The highest BCUT2D eigenvalue weighted by molar-refractivity contribution is 5.93. The van der Waals surface area contributed by atoms with Gasteiger partial charge >= 0.3 is 0 Å². The Morgan fingerprint density at radius 3 is 2.70 bits per heavy atom. The van der Waals surface area contributed by atoms with E-state index in [1.54, 1.807) is 18.2 Å². The van der Waals surface area contributed by atoms with E-state index in [9.17, 15) is 4.79 Å². The molecule has 0 aliphatic carbocycles. The molecule has 0 bridgehead atoms. The summed E-state index contributed by atoms with van der Waals surface area (Å²) in [6, 6.07) is 5.39. The van der Waals surface area contributed by atoms with Gasteiger partial charge in [-0.1, -0.05) is 13.3 Å². The monoisotopic (exact) mass is 278 g/mol. The zero-order chi connectivity index (χ0) is 14.8. The van der Waals surface area contributed by atoms with Crippen molar-refractivity contribution in [1.29, 1.82) is 0 Å². The largest absolute Gasteiger partial charge is 0.449 e. The number of rotatable bonds is 5. The number of carbonyl (C=O) groups excluding carboxylic acids is 1. The summed E-state index contributed by atoms with van der Waals surface area (Å²) < 4.78 is 11.3. The average Bonchev–Trinajstić information content (AvgIpc) is 2.68. The van der Waals surface area contributed by atoms with E-state index in [4.69, 9.17) is 15.2 Å². The van der Waals surface area contributed by atoms with Crippen molar-refractivity contribution < 1.29 is 14.3 Å². The van der Waals surface area contributed by atoms with Crippen LogP contribution < -0.4 is 20.5 Å². The van der Waals surface area contributed by atoms with Crippen LogP contribution in [-0.2, 0) is 4.79 Å². The minimum atomic E-state index is -0.660. The van der Waals surface area contributed by atoms with Crippen LogP contribution in [0, 0.1) is 5.92 Å². The molecule has 1 aromatic rings. The van der Waals surface area contributed by atoms with Crippen molar-refractivity contribution in [1.82, 2.24) is 0 Å². The fraction of sp³-hybridized carbons (Fsp3) is 0.533. The molecule has 0 aromatic heterocycles. The van der Waals surface area contributed by atoms with Crippen molar-refractivity contribution in [3.63, 3.8) is 0 Å². The molecular formula is C15H22N2O3. The summed E-state index contributed by atoms with van der Waals surface area (Å²) in [6.07, 6.45) is 1.73. The maximum Gasteiger partial charge on any atom is 0.246 e. The molecule has 3 N–H and O–H groups in total. The fourth-order valence-corrected chi connectivity index (χ4v) is 2.25. The number of amides is 1. The van der Waals surface area contributed by atoms with Gasteiger partial charge in [0.15, 0.2) is 11.5 Å². The summed E-state index contributed by atoms with van der Waals surface area (Å²) in [6.45, 7) is 6.09. The Hall–Kier alpha value is -1.75. The lowest BCUT2D eigenvalue weighted by molar-refractivity contribution is -0.119. The minimum Gasteiger partial charge on any atom is -0.449 e. The number of carbonyl (C=O) groups is 1. The smallest absolute Gasteiger partial charge is 0.246 e. The Bertz CT molecular complexity index is 500. The van der Waals surface area contributed by atoms with Gasteiger partial charge in [0.25, 0.3) is 0 Å². The van der Waals surface area contributed by atoms with Gasteiger partial charge in [-0.05, 0) is 18.6 Å². The summed E-state index contributed by atoms with van der Waals surface area (Å²) in [5.74, 6) is 0.478. The second-order valence-corrected chi connectivity index (χ2v) is 5.48. The Morgan fingerprint density at radius 2 is 2.05 bits per heavy atom. The first-order valence-corrected chi connectivity index (χ1v) is 6.98. The van der Waals surface area contributed by atoms with Crippen molar-refractivity contribution in [2.45, 2.75) is 39.4 Å². The van der Waals surface area contributed by atoms with Crippen molar-refractivity contribution in [3.8, 4) is 11.5 Å². The third-order valence-corrected chi connectivity index (χ3v) is 3.22. The highest BCUT2D eigenvalue weighted by Crippen LogP contribution is 2.40. The summed E-state index contributed by atoms with van der Waals surface area (Å²) in [5, 5.41) is 2.88. The number of hydrogen-bond donors (Lipinski definition) is 2. The lowest BCUT2D eigenvalue weighted by Crippen LogP contribution is -2.29. The molecule has 5 heteroatoms. The molecule has 1 aliphatic heterocycles. The average molecular weight is 278 g/mol. The van der Waals surface area contributed by atoms with Crippen LogP contribution in [0.15, 0.2) is 18.2 Å². The normalized spacial score (nSPS) is 16.8. The quantitative estimate of drug-likeness (QED) is 0.868. The predicted molar refractivity (Wildman–Crippen MR) is 77.9 cm³/mol. The van der Waals surface area contributed by atoms with Crippen LogP contribution in [0.1, 0.15) is 33.6 Å². The van der Waals surface area contributed by atoms with Gasteiger partial charge in [-0.3, -0.25) is 4.79 Å². The van der Waals surface area contributed by atoms with E-state index < -0.39 is 5.79 Å². The molecule has 1 heterocycles. The third-order valence-electron chi connectivity index (χ3n) is 3.22. The van der Waals surface area contributed by atoms with Gasteiger partial charge in [0.05, 0.1) is 5.92 Å². The fourth-order valence-electron chi connectivity index (χ4n) is 2.25. The van der Waals surface area contributed by atoms with Gasteiger partial charge in [0.1, 0.15) is 0 Å². The minimum absolute atomic E-state index is 0.0486. The summed E-state index contributed by atoms with van der Waals surface area (Å²) >= 11 is 0. The number of nitrogens with two attached hydrogens (primary N) is 1. The van der Waals surface area contributed by atoms with Crippen LogP contribution in [0.2, 0.25) is 0 Å². The number of benzene rings is 1. The van der Waals surface area contributed by atoms with Gasteiger partial charge in [-0.2, -0.15) is 0 Å². The molecule has 110 valence electrons. The van der Waals surface area contributed by atoms with Gasteiger partial charge in [-0.25, -0.2) is 0 Å². The molecule has 0 radical (unpaired) electrons. The second kappa shape index (κ2) is 5.71. The van der Waals surface area contributed by atoms with Crippen molar-refractivity contribution in [2.75, 3.05) is 11.9 Å². The first-order valence-electron chi connectivity index (χ1n) is 6.98. The van der Waals surface area contributed by atoms with Crippen LogP contribution in [0.5, 0.6) is 11.5 Å². The Balaban J connectivity index is 2.07. The summed E-state index contributed by atoms with van der Waals surface area (Å²) in [4.78, 5) is 12.1. The van der Waals surface area contributed by atoms with Crippen LogP contribution in [0.25, 0.3) is 0 Å². The standard InChI is InChI=1S/C15H22N2O3/c1-4-5-10(9-16)14(18)17-11-6-7-12-13(8-11)20-15(2,3)19-12/h6-8,10H,4-5,9,16H2,1-3H3,(H,17,18). The molecule has 0 fully saturated rings. The van der Waals surface area contributed by atoms with Crippen LogP contribution in [0.3, 0.4) is 0 Å². The third kappa shape index (κ3) is 3.22. The second-order valence-electron chi connectivity index (χ2n) is 5.48. The topological polar surface area (TPSA) is 73.6 Å². The first kappa shape index (κ1) is 14.7. The maximum absolute atomic E-state index is 12.1. The van der Waals surface area contributed by atoms with Gasteiger partial charge < -0.3 is 20.5 Å². The van der Waals surface area contributed by atoms with E-state index in [0.29, 0.717) is 23.7 Å². The molecule has 0 spiro atoms. The van der Waals surface area contributed by atoms with Gasteiger partial charge in [0, 0.05) is 32.1 Å². The van der Waals surface area contributed by atoms with E-state index in [1.165, 1.54) is 0 Å². The number of anilines is 1. The van der Waals surface area contributed by atoms with E-state index in [1.807, 2.05) is 20.8 Å². The van der Waals surface area contributed by atoms with Gasteiger partial charge in [-0.15, -0.1) is 0 Å². The first-order chi connectivity index (χ1) is 9.45. The van der Waals surface area contributed by atoms with Crippen molar-refractivity contribution in [2.24, 2.45) is 11.7 Å². The number of hydrogen-bond acceptors (Lipinski definition) is 4. The molecule has 0 saturated heterocycles. The molecule has 2 rings (SSSR count). The highest BCUT2D eigenvalue weighted by atomic mass is 16.7. The molecule has 1 aromatic carbocycles. The molecule has 1 aliphatic rings. The summed E-state index contributed by atoms with van der Waals surface area (Å²) in [5.41, 5.74) is 6.33. The zero-order valence-electron chi connectivity index (χ0n) is 12.2. The Morgan fingerprint density at radius 1 is 1.35 bits per heavy atom. The highest BCUT2D eigenvalue weighted by Gasteiger charge is 2.31. The maximum atomic E-state index is 12.1. The molecule has 0 saturated carbocycles. The Kier molecular flexibility index (Phi) is 4.18. The van der Waals surface area contributed by atoms with Crippen molar-refractivity contribution >= 4 is 11.6 Å². The van der Waals surface area contributed by atoms with Crippen LogP contribution >= 0.6 is 0 Å². The number of fused-ring (bicyclic) bond motifs is 1. The van der Waals surface area contributed by atoms with E-state index in [2.05, 4.69) is 5.32 Å². The lowest BCUT2D eigenvalue weighted by atomic mass is 10.0. The number of ether oxygens (including phenoxy) is 2. The van der Waals surface area contributed by atoms with Crippen molar-refractivity contribution in [3.05, 3.63) is 18.2 Å².